The number of rotatable bonds is 4. The zero-order valence-corrected chi connectivity index (χ0v) is 11.9. The molecule has 2 aromatic rings. The molecule has 19 heavy (non-hydrogen) atoms. The largest absolute Gasteiger partial charge is 0.306 e. The van der Waals surface area contributed by atoms with Gasteiger partial charge in [-0.3, -0.25) is 4.98 Å². The molecular weight excluding hydrogens is 314 g/mol. The van der Waals surface area contributed by atoms with Gasteiger partial charge in [0, 0.05) is 30.5 Å². The van der Waals surface area contributed by atoms with Crippen LogP contribution in [0.5, 0.6) is 0 Å². The lowest BCUT2D eigenvalue weighted by atomic mass is 10.1. The van der Waals surface area contributed by atoms with Gasteiger partial charge in [0.15, 0.2) is 0 Å². The van der Waals surface area contributed by atoms with E-state index in [0.29, 0.717) is 0 Å². The van der Waals surface area contributed by atoms with Crippen LogP contribution in [0.25, 0.3) is 0 Å². The monoisotopic (exact) mass is 326 g/mol. The maximum Gasteiger partial charge on any atom is 0.144 e. The van der Waals surface area contributed by atoms with E-state index >= 15 is 0 Å². The van der Waals surface area contributed by atoms with Crippen LogP contribution in [-0.4, -0.2) is 4.98 Å². The van der Waals surface area contributed by atoms with E-state index in [-0.39, 0.29) is 22.6 Å². The molecule has 100 valence electrons. The number of hydrogen-bond acceptors (Lipinski definition) is 2. The van der Waals surface area contributed by atoms with Crippen molar-refractivity contribution in [3.05, 3.63) is 63.9 Å². The summed E-state index contributed by atoms with van der Waals surface area (Å²) in [7, 11) is 0. The molecule has 0 amide bonds. The van der Waals surface area contributed by atoms with Gasteiger partial charge in [-0.1, -0.05) is 6.07 Å². The predicted molar refractivity (Wildman–Crippen MR) is 73.5 cm³/mol. The fourth-order valence-corrected chi connectivity index (χ4v) is 2.11. The Hall–Kier alpha value is -1.33. The maximum atomic E-state index is 13.8. The highest BCUT2D eigenvalue weighted by molar-refractivity contribution is 9.10. The number of nitrogens with zero attached hydrogens (tertiary/aromatic N) is 1. The lowest BCUT2D eigenvalue weighted by molar-refractivity contribution is 0.506. The Labute approximate surface area is 119 Å². The molecule has 0 spiro atoms. The molecule has 0 aliphatic rings. The van der Waals surface area contributed by atoms with Gasteiger partial charge in [0.2, 0.25) is 0 Å². The van der Waals surface area contributed by atoms with Gasteiger partial charge in [0.1, 0.15) is 11.6 Å². The summed E-state index contributed by atoms with van der Waals surface area (Å²) in [4.78, 5) is 4.01. The molecule has 2 nitrogen and oxygen atoms in total. The zero-order valence-electron chi connectivity index (χ0n) is 10.3. The Bertz CT molecular complexity index is 561. The Morgan fingerprint density at radius 3 is 2.79 bits per heavy atom. The van der Waals surface area contributed by atoms with Crippen LogP contribution in [0.1, 0.15) is 24.1 Å². The van der Waals surface area contributed by atoms with E-state index in [2.05, 4.69) is 26.2 Å². The van der Waals surface area contributed by atoms with Crippen molar-refractivity contribution >= 4 is 15.9 Å². The van der Waals surface area contributed by atoms with Crippen molar-refractivity contribution in [2.45, 2.75) is 19.5 Å². The normalized spacial score (nSPS) is 12.4. The standard InChI is InChI=1S/C14H13BrF2N2/c1-9(10-3-2-6-18-7-10)19-8-11-13(16)5-4-12(15)14(11)17/h2-7,9,19H,8H2,1H3/t9-/m0/s1. The van der Waals surface area contributed by atoms with Crippen LogP contribution in [0.4, 0.5) is 8.78 Å². The van der Waals surface area contributed by atoms with E-state index in [1.165, 1.54) is 12.1 Å². The first-order chi connectivity index (χ1) is 9.09. The first-order valence-corrected chi connectivity index (χ1v) is 6.64. The summed E-state index contributed by atoms with van der Waals surface area (Å²) >= 11 is 3.05. The summed E-state index contributed by atoms with van der Waals surface area (Å²) in [5.74, 6) is -1.11. The van der Waals surface area contributed by atoms with Crippen molar-refractivity contribution < 1.29 is 8.78 Å². The summed E-state index contributed by atoms with van der Waals surface area (Å²) in [5.41, 5.74) is 1.00. The molecule has 0 bridgehead atoms. The van der Waals surface area contributed by atoms with Gasteiger partial charge in [-0.05, 0) is 46.6 Å². The van der Waals surface area contributed by atoms with Crippen LogP contribution >= 0.6 is 15.9 Å². The molecule has 0 radical (unpaired) electrons. The maximum absolute atomic E-state index is 13.8. The summed E-state index contributed by atoms with van der Waals surface area (Å²) in [5, 5.41) is 3.08. The number of halogens is 3. The Kier molecular flexibility index (Phi) is 4.61. The van der Waals surface area contributed by atoms with E-state index in [9.17, 15) is 8.78 Å². The molecule has 0 unspecified atom stereocenters. The minimum absolute atomic E-state index is 0.0325. The van der Waals surface area contributed by atoms with Gasteiger partial charge in [-0.2, -0.15) is 0 Å². The minimum atomic E-state index is -0.564. The van der Waals surface area contributed by atoms with Crippen molar-refractivity contribution in [1.82, 2.24) is 10.3 Å². The number of benzene rings is 1. The van der Waals surface area contributed by atoms with Gasteiger partial charge < -0.3 is 5.32 Å². The summed E-state index contributed by atoms with van der Waals surface area (Å²) in [6.07, 6.45) is 3.41. The van der Waals surface area contributed by atoms with Gasteiger partial charge in [0.05, 0.1) is 4.47 Å². The molecule has 1 heterocycles. The Balaban J connectivity index is 2.09. The lowest BCUT2D eigenvalue weighted by Gasteiger charge is -2.15. The molecule has 0 saturated heterocycles. The topological polar surface area (TPSA) is 24.9 Å². The smallest absolute Gasteiger partial charge is 0.144 e. The van der Waals surface area contributed by atoms with Gasteiger partial charge >= 0.3 is 0 Å². The third-order valence-electron chi connectivity index (χ3n) is 2.91. The molecule has 0 saturated carbocycles. The first-order valence-electron chi connectivity index (χ1n) is 5.85. The van der Waals surface area contributed by atoms with Crippen LogP contribution in [-0.2, 0) is 6.54 Å². The van der Waals surface area contributed by atoms with Crippen LogP contribution in [0.15, 0.2) is 41.1 Å². The highest BCUT2D eigenvalue weighted by Crippen LogP contribution is 2.22. The molecule has 1 N–H and O–H groups in total. The second-order valence-electron chi connectivity index (χ2n) is 4.21. The second kappa shape index (κ2) is 6.21. The average molecular weight is 327 g/mol. The van der Waals surface area contributed by atoms with Crippen molar-refractivity contribution in [1.29, 1.82) is 0 Å². The molecule has 2 rings (SSSR count). The Morgan fingerprint density at radius 2 is 2.11 bits per heavy atom. The molecule has 0 aliphatic carbocycles. The van der Waals surface area contributed by atoms with Crippen LogP contribution in [0.3, 0.4) is 0 Å². The lowest BCUT2D eigenvalue weighted by Crippen LogP contribution is -2.20. The fraction of sp³-hybridized carbons (Fsp3) is 0.214. The fourth-order valence-electron chi connectivity index (χ4n) is 1.74. The van der Waals surface area contributed by atoms with Crippen LogP contribution in [0, 0.1) is 11.6 Å². The quantitative estimate of drug-likeness (QED) is 0.860. The van der Waals surface area contributed by atoms with Crippen molar-refractivity contribution in [2.75, 3.05) is 0 Å². The number of nitrogens with one attached hydrogen (secondary N) is 1. The first kappa shape index (κ1) is 14.1. The zero-order chi connectivity index (χ0) is 13.8. The third-order valence-corrected chi connectivity index (χ3v) is 3.52. The molecule has 0 aliphatic heterocycles. The van der Waals surface area contributed by atoms with Gasteiger partial charge in [0.25, 0.3) is 0 Å². The molecule has 0 fully saturated rings. The highest BCUT2D eigenvalue weighted by atomic mass is 79.9. The minimum Gasteiger partial charge on any atom is -0.306 e. The molecule has 5 heteroatoms. The Morgan fingerprint density at radius 1 is 1.32 bits per heavy atom. The molecule has 1 aromatic carbocycles. The molecular formula is C14H13BrF2N2. The van der Waals surface area contributed by atoms with Crippen molar-refractivity contribution in [3.8, 4) is 0 Å². The van der Waals surface area contributed by atoms with Crippen molar-refractivity contribution in [3.63, 3.8) is 0 Å². The van der Waals surface area contributed by atoms with E-state index in [4.69, 9.17) is 0 Å². The SMILES string of the molecule is C[C@H](NCc1c(F)ccc(Br)c1F)c1cccnc1. The highest BCUT2D eigenvalue weighted by Gasteiger charge is 2.13. The van der Waals surface area contributed by atoms with Gasteiger partial charge in [-0.15, -0.1) is 0 Å². The summed E-state index contributed by atoms with van der Waals surface area (Å²) in [6.45, 7) is 2.04. The van der Waals surface area contributed by atoms with E-state index in [1.807, 2.05) is 19.1 Å². The molecule has 1 atom stereocenters. The van der Waals surface area contributed by atoms with E-state index in [0.717, 1.165) is 5.56 Å². The van der Waals surface area contributed by atoms with Crippen LogP contribution in [0.2, 0.25) is 0 Å². The number of aromatic nitrogens is 1. The predicted octanol–water partition coefficient (Wildman–Crippen LogP) is 3.97. The van der Waals surface area contributed by atoms with Crippen molar-refractivity contribution in [2.24, 2.45) is 0 Å². The average Bonchev–Trinajstić information content (AvgIpc) is 2.44. The van der Waals surface area contributed by atoms with E-state index in [1.54, 1.807) is 12.4 Å². The van der Waals surface area contributed by atoms with E-state index < -0.39 is 11.6 Å². The molecule has 1 aromatic heterocycles. The second-order valence-corrected chi connectivity index (χ2v) is 5.07. The van der Waals surface area contributed by atoms with Gasteiger partial charge in [-0.25, -0.2) is 8.78 Å². The summed E-state index contributed by atoms with van der Waals surface area (Å²) < 4.78 is 27.6. The summed E-state index contributed by atoms with van der Waals surface area (Å²) in [6, 6.07) is 6.32. The third kappa shape index (κ3) is 3.36. The number of pyridine rings is 1. The van der Waals surface area contributed by atoms with Crippen LogP contribution < -0.4 is 5.32 Å². The number of hydrogen-bond donors (Lipinski definition) is 1.